The summed E-state index contributed by atoms with van der Waals surface area (Å²) in [4.78, 5) is 4.31. The number of rotatable bonds is 8. The highest BCUT2D eigenvalue weighted by Crippen LogP contribution is 2.27. The van der Waals surface area contributed by atoms with Crippen molar-refractivity contribution in [2.45, 2.75) is 55.9 Å². The van der Waals surface area contributed by atoms with Crippen molar-refractivity contribution < 1.29 is 9.47 Å². The van der Waals surface area contributed by atoms with Gasteiger partial charge in [-0.2, -0.15) is 11.8 Å². The molecule has 6 heteroatoms. The van der Waals surface area contributed by atoms with Crippen LogP contribution in [0.1, 0.15) is 38.5 Å². The fraction of sp³-hybridized carbons (Fsp3) is 0.938. The number of nitrogens with zero attached hydrogens (tertiary/aromatic N) is 1. The first kappa shape index (κ1) is 17.9. The fourth-order valence-electron chi connectivity index (χ4n) is 3.04. The Morgan fingerprint density at radius 1 is 1.36 bits per heavy atom. The van der Waals surface area contributed by atoms with Crippen LogP contribution >= 0.6 is 11.8 Å². The van der Waals surface area contributed by atoms with Gasteiger partial charge in [0, 0.05) is 38.1 Å². The van der Waals surface area contributed by atoms with E-state index in [2.05, 4.69) is 21.9 Å². The molecule has 1 aliphatic heterocycles. The SMILES string of the molecule is CN=C(NCCCOCC1CCCO1)NC1CCC(SC)C1. The summed E-state index contributed by atoms with van der Waals surface area (Å²) in [5.74, 6) is 0.922. The standard InChI is InChI=1S/C16H31N3O2S/c1-17-16(19-13-6-7-15(11-13)22-2)18-8-4-9-20-12-14-5-3-10-21-14/h13-15H,3-12H2,1-2H3,(H2,17,18,19). The molecule has 2 aliphatic rings. The number of aliphatic imine (C=N–C) groups is 1. The summed E-state index contributed by atoms with van der Waals surface area (Å²) < 4.78 is 11.2. The van der Waals surface area contributed by atoms with E-state index in [0.717, 1.165) is 50.4 Å². The second kappa shape index (κ2) is 10.3. The van der Waals surface area contributed by atoms with Crippen molar-refractivity contribution in [1.82, 2.24) is 10.6 Å². The highest BCUT2D eigenvalue weighted by atomic mass is 32.2. The van der Waals surface area contributed by atoms with Crippen LogP contribution in [-0.4, -0.2) is 63.0 Å². The molecule has 0 spiro atoms. The molecule has 0 radical (unpaired) electrons. The molecule has 1 saturated heterocycles. The highest BCUT2D eigenvalue weighted by molar-refractivity contribution is 7.99. The number of nitrogens with one attached hydrogen (secondary N) is 2. The summed E-state index contributed by atoms with van der Waals surface area (Å²) in [6.45, 7) is 3.31. The molecule has 2 N–H and O–H groups in total. The van der Waals surface area contributed by atoms with E-state index < -0.39 is 0 Å². The first-order chi connectivity index (χ1) is 10.8. The van der Waals surface area contributed by atoms with Gasteiger partial charge in [-0.1, -0.05) is 0 Å². The van der Waals surface area contributed by atoms with Crippen LogP contribution in [-0.2, 0) is 9.47 Å². The van der Waals surface area contributed by atoms with Gasteiger partial charge in [0.25, 0.3) is 0 Å². The molecular weight excluding hydrogens is 298 g/mol. The molecule has 0 aromatic rings. The third-order valence-corrected chi connectivity index (χ3v) is 5.46. The molecule has 3 unspecified atom stereocenters. The minimum atomic E-state index is 0.328. The average Bonchev–Trinajstić information content (AvgIpc) is 3.20. The maximum Gasteiger partial charge on any atom is 0.191 e. The topological polar surface area (TPSA) is 54.9 Å². The Labute approximate surface area is 139 Å². The maximum absolute atomic E-state index is 5.67. The van der Waals surface area contributed by atoms with Gasteiger partial charge >= 0.3 is 0 Å². The van der Waals surface area contributed by atoms with Crippen molar-refractivity contribution in [3.8, 4) is 0 Å². The van der Waals surface area contributed by atoms with Crippen LogP contribution in [0.25, 0.3) is 0 Å². The predicted molar refractivity (Wildman–Crippen MR) is 93.8 cm³/mol. The molecule has 0 aromatic carbocycles. The normalized spacial score (nSPS) is 29.0. The van der Waals surface area contributed by atoms with Gasteiger partial charge in [0.15, 0.2) is 5.96 Å². The van der Waals surface area contributed by atoms with Gasteiger partial charge in [-0.05, 0) is 44.8 Å². The first-order valence-electron chi connectivity index (χ1n) is 8.51. The lowest BCUT2D eigenvalue weighted by atomic mass is 10.2. The van der Waals surface area contributed by atoms with Crippen molar-refractivity contribution in [2.75, 3.05) is 39.7 Å². The Morgan fingerprint density at radius 2 is 2.27 bits per heavy atom. The van der Waals surface area contributed by atoms with E-state index in [-0.39, 0.29) is 0 Å². The van der Waals surface area contributed by atoms with Gasteiger partial charge in [0.1, 0.15) is 0 Å². The van der Waals surface area contributed by atoms with E-state index in [1.165, 1.54) is 25.7 Å². The van der Waals surface area contributed by atoms with Crippen molar-refractivity contribution in [3.63, 3.8) is 0 Å². The van der Waals surface area contributed by atoms with Gasteiger partial charge < -0.3 is 20.1 Å². The van der Waals surface area contributed by atoms with Crippen molar-refractivity contribution in [1.29, 1.82) is 0 Å². The smallest absolute Gasteiger partial charge is 0.191 e. The van der Waals surface area contributed by atoms with E-state index in [1.807, 2.05) is 18.8 Å². The Hall–Kier alpha value is -0.460. The van der Waals surface area contributed by atoms with E-state index in [4.69, 9.17) is 9.47 Å². The highest BCUT2D eigenvalue weighted by Gasteiger charge is 2.24. The Kier molecular flexibility index (Phi) is 8.41. The summed E-state index contributed by atoms with van der Waals surface area (Å²) >= 11 is 1.98. The van der Waals surface area contributed by atoms with Crippen molar-refractivity contribution in [2.24, 2.45) is 4.99 Å². The second-order valence-electron chi connectivity index (χ2n) is 6.07. The molecule has 128 valence electrons. The summed E-state index contributed by atoms with van der Waals surface area (Å²) in [7, 11) is 1.84. The largest absolute Gasteiger partial charge is 0.379 e. The lowest BCUT2D eigenvalue weighted by molar-refractivity contribution is 0.0168. The summed E-state index contributed by atoms with van der Waals surface area (Å²) in [5, 5.41) is 7.72. The summed E-state index contributed by atoms with van der Waals surface area (Å²) in [6.07, 6.45) is 9.65. The van der Waals surface area contributed by atoms with Gasteiger partial charge in [-0.3, -0.25) is 4.99 Å². The first-order valence-corrected chi connectivity index (χ1v) is 9.80. The zero-order valence-electron chi connectivity index (χ0n) is 14.0. The fourth-order valence-corrected chi connectivity index (χ4v) is 3.84. The summed E-state index contributed by atoms with van der Waals surface area (Å²) in [5.41, 5.74) is 0. The van der Waals surface area contributed by atoms with Crippen LogP contribution in [0.5, 0.6) is 0 Å². The number of hydrogen-bond acceptors (Lipinski definition) is 4. The number of guanidine groups is 1. The van der Waals surface area contributed by atoms with Gasteiger partial charge in [0.05, 0.1) is 12.7 Å². The average molecular weight is 330 g/mol. The van der Waals surface area contributed by atoms with E-state index >= 15 is 0 Å². The molecule has 5 nitrogen and oxygen atoms in total. The number of ether oxygens (including phenoxy) is 2. The van der Waals surface area contributed by atoms with Crippen molar-refractivity contribution in [3.05, 3.63) is 0 Å². The van der Waals surface area contributed by atoms with Crippen LogP contribution in [0.15, 0.2) is 4.99 Å². The van der Waals surface area contributed by atoms with Gasteiger partial charge in [-0.15, -0.1) is 0 Å². The molecule has 2 fully saturated rings. The van der Waals surface area contributed by atoms with Gasteiger partial charge in [-0.25, -0.2) is 0 Å². The van der Waals surface area contributed by atoms with E-state index in [0.29, 0.717) is 12.1 Å². The zero-order chi connectivity index (χ0) is 15.6. The van der Waals surface area contributed by atoms with E-state index in [1.54, 1.807) is 0 Å². The van der Waals surface area contributed by atoms with Crippen LogP contribution in [0, 0.1) is 0 Å². The molecule has 22 heavy (non-hydrogen) atoms. The molecule has 1 saturated carbocycles. The minimum Gasteiger partial charge on any atom is -0.379 e. The van der Waals surface area contributed by atoms with Crippen LogP contribution in [0.4, 0.5) is 0 Å². The minimum absolute atomic E-state index is 0.328. The monoisotopic (exact) mass is 329 g/mol. The maximum atomic E-state index is 5.67. The van der Waals surface area contributed by atoms with Crippen LogP contribution in [0.2, 0.25) is 0 Å². The Morgan fingerprint density at radius 3 is 2.95 bits per heavy atom. The molecule has 0 bridgehead atoms. The second-order valence-corrected chi connectivity index (χ2v) is 7.21. The van der Waals surface area contributed by atoms with Crippen molar-refractivity contribution >= 4 is 17.7 Å². The zero-order valence-corrected chi connectivity index (χ0v) is 14.8. The molecule has 1 heterocycles. The lowest BCUT2D eigenvalue weighted by Gasteiger charge is -2.17. The summed E-state index contributed by atoms with van der Waals surface area (Å²) in [6, 6.07) is 0.569. The molecule has 3 atom stereocenters. The molecule has 1 aliphatic carbocycles. The molecule has 0 aromatic heterocycles. The molecule has 2 rings (SSSR count). The Balaban J connectivity index is 1.49. The third kappa shape index (κ3) is 6.34. The Bertz CT molecular complexity index is 335. The number of thioether (sulfide) groups is 1. The number of hydrogen-bond donors (Lipinski definition) is 2. The lowest BCUT2D eigenvalue weighted by Crippen LogP contribution is -2.43. The predicted octanol–water partition coefficient (Wildman–Crippen LogP) is 2.02. The van der Waals surface area contributed by atoms with Crippen LogP contribution < -0.4 is 10.6 Å². The van der Waals surface area contributed by atoms with E-state index in [9.17, 15) is 0 Å². The quantitative estimate of drug-likeness (QED) is 0.405. The molecular formula is C16H31N3O2S. The third-order valence-electron chi connectivity index (χ3n) is 4.37. The van der Waals surface area contributed by atoms with Crippen LogP contribution in [0.3, 0.4) is 0 Å². The van der Waals surface area contributed by atoms with Gasteiger partial charge in [0.2, 0.25) is 0 Å². The molecule has 0 amide bonds.